The highest BCUT2D eigenvalue weighted by molar-refractivity contribution is 7.84. The number of aromatic amines is 1. The zero-order valence-electron chi connectivity index (χ0n) is 15.4. The van der Waals surface area contributed by atoms with E-state index in [4.69, 9.17) is 9.47 Å². The normalized spacial score (nSPS) is 11.6. The minimum absolute atomic E-state index is 0.0833. The number of carbonyl (C=O) groups excluding carboxylic acids is 1. The van der Waals surface area contributed by atoms with Gasteiger partial charge in [-0.05, 0) is 37.6 Å². The summed E-state index contributed by atoms with van der Waals surface area (Å²) >= 11 is 0. The van der Waals surface area contributed by atoms with E-state index in [0.29, 0.717) is 24.6 Å². The number of rotatable bonds is 10. The lowest BCUT2D eigenvalue weighted by molar-refractivity contribution is -0.113. The summed E-state index contributed by atoms with van der Waals surface area (Å²) in [6.45, 7) is 4.87. The zero-order valence-corrected chi connectivity index (χ0v) is 16.3. The number of benzene rings is 1. The van der Waals surface area contributed by atoms with Gasteiger partial charge in [0.1, 0.15) is 11.5 Å². The molecule has 0 spiro atoms. The van der Waals surface area contributed by atoms with E-state index in [2.05, 4.69) is 10.3 Å². The van der Waals surface area contributed by atoms with Gasteiger partial charge in [0.15, 0.2) is 5.75 Å². The molecule has 1 amide bonds. The smallest absolute Gasteiger partial charge is 0.237 e. The minimum Gasteiger partial charge on any atom is -0.494 e. The van der Waals surface area contributed by atoms with Crippen LogP contribution < -0.4 is 20.2 Å². The summed E-state index contributed by atoms with van der Waals surface area (Å²) in [5.41, 5.74) is 0.829. The van der Waals surface area contributed by atoms with Crippen molar-refractivity contribution in [3.8, 4) is 11.5 Å². The summed E-state index contributed by atoms with van der Waals surface area (Å²) < 4.78 is 22.8. The summed E-state index contributed by atoms with van der Waals surface area (Å²) in [4.78, 5) is 26.9. The molecule has 0 aliphatic rings. The Balaban J connectivity index is 1.86. The predicted molar refractivity (Wildman–Crippen MR) is 106 cm³/mol. The average molecular weight is 392 g/mol. The van der Waals surface area contributed by atoms with Crippen molar-refractivity contribution in [2.75, 3.05) is 24.3 Å². The monoisotopic (exact) mass is 392 g/mol. The number of hydrogen-bond acceptors (Lipinski definition) is 5. The first kappa shape index (κ1) is 20.7. The fourth-order valence-corrected chi connectivity index (χ4v) is 3.26. The van der Waals surface area contributed by atoms with Gasteiger partial charge in [0.25, 0.3) is 0 Å². The van der Waals surface area contributed by atoms with Crippen molar-refractivity contribution in [1.29, 1.82) is 0 Å². The SMILES string of the molecule is CCCOc1c[nH]c(CS(=O)CC(=O)Nc2ccc(OCC)cc2)cc1=O. The highest BCUT2D eigenvalue weighted by atomic mass is 32.2. The van der Waals surface area contributed by atoms with Crippen LogP contribution in [0, 0.1) is 0 Å². The third-order valence-corrected chi connectivity index (χ3v) is 4.67. The molecule has 1 aromatic heterocycles. The van der Waals surface area contributed by atoms with Crippen LogP contribution >= 0.6 is 0 Å². The Labute approximate surface area is 160 Å². The molecule has 2 aromatic rings. The fraction of sp³-hybridized carbons (Fsp3) is 0.368. The number of nitrogens with one attached hydrogen (secondary N) is 2. The van der Waals surface area contributed by atoms with Crippen LogP contribution in [0.1, 0.15) is 26.0 Å². The molecular weight excluding hydrogens is 368 g/mol. The van der Waals surface area contributed by atoms with Crippen LogP contribution in [0.3, 0.4) is 0 Å². The number of pyridine rings is 1. The number of amides is 1. The van der Waals surface area contributed by atoms with Crippen molar-refractivity contribution in [2.24, 2.45) is 0 Å². The van der Waals surface area contributed by atoms with Crippen LogP contribution in [0.25, 0.3) is 0 Å². The molecule has 1 aromatic carbocycles. The maximum Gasteiger partial charge on any atom is 0.237 e. The van der Waals surface area contributed by atoms with Crippen LogP contribution in [0.15, 0.2) is 41.3 Å². The first-order valence-corrected chi connectivity index (χ1v) is 10.2. The molecule has 0 bridgehead atoms. The van der Waals surface area contributed by atoms with Gasteiger partial charge in [0.05, 0.1) is 19.0 Å². The minimum atomic E-state index is -1.45. The summed E-state index contributed by atoms with van der Waals surface area (Å²) in [6.07, 6.45) is 2.26. The Morgan fingerprint density at radius 1 is 1.19 bits per heavy atom. The Morgan fingerprint density at radius 3 is 2.56 bits per heavy atom. The second-order valence-corrected chi connectivity index (χ2v) is 7.23. The molecule has 1 unspecified atom stereocenters. The van der Waals surface area contributed by atoms with Gasteiger partial charge in [-0.3, -0.25) is 13.8 Å². The molecule has 0 fully saturated rings. The van der Waals surface area contributed by atoms with Crippen LogP contribution in [0.5, 0.6) is 11.5 Å². The molecule has 1 heterocycles. The van der Waals surface area contributed by atoms with Crippen LogP contribution in [-0.2, 0) is 21.3 Å². The Morgan fingerprint density at radius 2 is 1.93 bits per heavy atom. The first-order chi connectivity index (χ1) is 13.0. The summed E-state index contributed by atoms with van der Waals surface area (Å²) in [7, 11) is -1.45. The molecule has 0 aliphatic carbocycles. The lowest BCUT2D eigenvalue weighted by Crippen LogP contribution is -2.21. The Bertz CT molecular complexity index is 833. The predicted octanol–water partition coefficient (Wildman–Crippen LogP) is 2.45. The second kappa shape index (κ2) is 10.5. The van der Waals surface area contributed by atoms with E-state index in [9.17, 15) is 13.8 Å². The van der Waals surface area contributed by atoms with E-state index in [1.54, 1.807) is 24.3 Å². The number of ether oxygens (including phenoxy) is 2. The molecule has 146 valence electrons. The zero-order chi connectivity index (χ0) is 19.6. The van der Waals surface area contributed by atoms with Gasteiger partial charge in [-0.2, -0.15) is 0 Å². The molecule has 0 radical (unpaired) electrons. The lowest BCUT2D eigenvalue weighted by atomic mass is 10.3. The van der Waals surface area contributed by atoms with Gasteiger partial charge in [0.2, 0.25) is 11.3 Å². The highest BCUT2D eigenvalue weighted by Gasteiger charge is 2.11. The maximum atomic E-state index is 12.2. The molecule has 27 heavy (non-hydrogen) atoms. The van der Waals surface area contributed by atoms with Gasteiger partial charge in [-0.25, -0.2) is 0 Å². The first-order valence-electron chi connectivity index (χ1n) is 8.74. The second-order valence-electron chi connectivity index (χ2n) is 5.77. The van der Waals surface area contributed by atoms with Crippen molar-refractivity contribution >= 4 is 22.4 Å². The van der Waals surface area contributed by atoms with Crippen LogP contribution in [0.4, 0.5) is 5.69 Å². The molecule has 8 heteroatoms. The number of H-pyrrole nitrogens is 1. The van der Waals surface area contributed by atoms with E-state index in [-0.39, 0.29) is 28.6 Å². The third kappa shape index (κ3) is 6.90. The fourth-order valence-electron chi connectivity index (χ4n) is 2.28. The molecule has 0 saturated carbocycles. The van der Waals surface area contributed by atoms with E-state index < -0.39 is 10.8 Å². The number of aromatic nitrogens is 1. The van der Waals surface area contributed by atoms with Gasteiger partial charge >= 0.3 is 0 Å². The largest absolute Gasteiger partial charge is 0.494 e. The highest BCUT2D eigenvalue weighted by Crippen LogP contribution is 2.15. The van der Waals surface area contributed by atoms with Crippen LogP contribution in [0.2, 0.25) is 0 Å². The number of hydrogen-bond donors (Lipinski definition) is 2. The number of carbonyl (C=O) groups is 1. The molecule has 0 saturated heterocycles. The number of anilines is 1. The Hall–Kier alpha value is -2.61. The summed E-state index contributed by atoms with van der Waals surface area (Å²) in [6, 6.07) is 8.30. The van der Waals surface area contributed by atoms with Gasteiger partial charge in [-0.15, -0.1) is 0 Å². The van der Waals surface area contributed by atoms with Crippen molar-refractivity contribution in [3.63, 3.8) is 0 Å². The summed E-state index contributed by atoms with van der Waals surface area (Å²) in [5.74, 6) is 0.514. The van der Waals surface area contributed by atoms with E-state index >= 15 is 0 Å². The molecule has 7 nitrogen and oxygen atoms in total. The lowest BCUT2D eigenvalue weighted by Gasteiger charge is -2.08. The third-order valence-electron chi connectivity index (χ3n) is 3.46. The summed E-state index contributed by atoms with van der Waals surface area (Å²) in [5, 5.41) is 2.69. The average Bonchev–Trinajstić information content (AvgIpc) is 2.62. The molecule has 2 rings (SSSR count). The maximum absolute atomic E-state index is 12.2. The topological polar surface area (TPSA) is 97.5 Å². The molecule has 2 N–H and O–H groups in total. The quantitative estimate of drug-likeness (QED) is 0.647. The Kier molecular flexibility index (Phi) is 8.06. The van der Waals surface area contributed by atoms with Crippen molar-refractivity contribution < 1.29 is 18.5 Å². The van der Waals surface area contributed by atoms with Gasteiger partial charge in [0, 0.05) is 34.4 Å². The van der Waals surface area contributed by atoms with Gasteiger partial charge in [-0.1, -0.05) is 6.92 Å². The van der Waals surface area contributed by atoms with Crippen molar-refractivity contribution in [3.05, 3.63) is 52.4 Å². The van der Waals surface area contributed by atoms with Crippen molar-refractivity contribution in [2.45, 2.75) is 26.0 Å². The molecule has 1 atom stereocenters. The molecular formula is C19H24N2O5S. The van der Waals surface area contributed by atoms with Gasteiger partial charge < -0.3 is 19.8 Å². The van der Waals surface area contributed by atoms with E-state index in [1.807, 2.05) is 13.8 Å². The van der Waals surface area contributed by atoms with E-state index in [0.717, 1.165) is 12.2 Å². The standard InChI is InChI=1S/C19H24N2O5S/c1-3-9-26-18-11-20-15(10-17(18)22)12-27(24)13-19(23)21-14-5-7-16(8-6-14)25-4-2/h5-8,10-11H,3-4,9,12-13H2,1-2H3,(H,20,22)(H,21,23). The van der Waals surface area contributed by atoms with E-state index in [1.165, 1.54) is 12.3 Å². The molecule has 0 aliphatic heterocycles. The van der Waals surface area contributed by atoms with Crippen LogP contribution in [-0.4, -0.2) is 34.1 Å². The van der Waals surface area contributed by atoms with Crippen molar-refractivity contribution in [1.82, 2.24) is 4.98 Å².